The van der Waals surface area contributed by atoms with Gasteiger partial charge in [0.1, 0.15) is 0 Å². The number of aryl methyl sites for hydroxylation is 1. The van der Waals surface area contributed by atoms with Crippen LogP contribution in [0, 0.1) is 6.92 Å². The Hall–Kier alpha value is -1.84. The zero-order chi connectivity index (χ0) is 11.7. The fourth-order valence-electron chi connectivity index (χ4n) is 2.40. The van der Waals surface area contributed by atoms with E-state index >= 15 is 0 Å². The van der Waals surface area contributed by atoms with Gasteiger partial charge in [-0.15, -0.1) is 0 Å². The second-order valence-electron chi connectivity index (χ2n) is 4.08. The molecule has 0 fully saturated rings. The Morgan fingerprint density at radius 1 is 1.56 bits per heavy atom. The summed E-state index contributed by atoms with van der Waals surface area (Å²) in [6.45, 7) is 1.95. The monoisotopic (exact) mass is 219 g/mol. The molecule has 0 saturated carbocycles. The number of aliphatic carboxylic acids is 1. The lowest BCUT2D eigenvalue weighted by atomic mass is 9.94. The van der Waals surface area contributed by atoms with E-state index in [4.69, 9.17) is 10.3 Å². The fourth-order valence-corrected chi connectivity index (χ4v) is 2.40. The van der Waals surface area contributed by atoms with Gasteiger partial charge in [0.2, 0.25) is 0 Å². The topological polar surface area (TPSA) is 69.9 Å². The standard InChI is InChI=1S/C12H13NO3/c1-7-3-2-4-9-10(13-16)5-8(12(7)9)6-11(14)15/h2-4,8,16H,5-6H2,1H3,(H,14,15)/b13-10-. The third kappa shape index (κ3) is 1.66. The van der Waals surface area contributed by atoms with Gasteiger partial charge in [0.15, 0.2) is 0 Å². The molecule has 0 aliphatic heterocycles. The quantitative estimate of drug-likeness (QED) is 0.591. The molecule has 0 saturated heterocycles. The second kappa shape index (κ2) is 3.96. The van der Waals surface area contributed by atoms with Crippen LogP contribution in [0.15, 0.2) is 23.4 Å². The molecule has 1 aliphatic rings. The molecular formula is C12H13NO3. The van der Waals surface area contributed by atoms with Crippen LogP contribution < -0.4 is 0 Å². The Balaban J connectivity index is 2.47. The van der Waals surface area contributed by atoms with Gasteiger partial charge in [-0.25, -0.2) is 0 Å². The van der Waals surface area contributed by atoms with Crippen molar-refractivity contribution in [1.29, 1.82) is 0 Å². The Kier molecular flexibility index (Phi) is 2.64. The van der Waals surface area contributed by atoms with E-state index in [1.807, 2.05) is 25.1 Å². The fraction of sp³-hybridized carbons (Fsp3) is 0.333. The Morgan fingerprint density at radius 2 is 2.31 bits per heavy atom. The van der Waals surface area contributed by atoms with Gasteiger partial charge in [-0.1, -0.05) is 23.4 Å². The van der Waals surface area contributed by atoms with Crippen LogP contribution in [0.4, 0.5) is 0 Å². The van der Waals surface area contributed by atoms with Gasteiger partial charge in [-0.3, -0.25) is 4.79 Å². The molecule has 2 N–H and O–H groups in total. The third-order valence-corrected chi connectivity index (χ3v) is 3.02. The van der Waals surface area contributed by atoms with Gasteiger partial charge in [0, 0.05) is 17.9 Å². The summed E-state index contributed by atoms with van der Waals surface area (Å²) < 4.78 is 0. The number of benzene rings is 1. The number of fused-ring (bicyclic) bond motifs is 1. The largest absolute Gasteiger partial charge is 0.481 e. The molecule has 0 bridgehead atoms. The number of carbonyl (C=O) groups is 1. The maximum absolute atomic E-state index is 10.8. The number of hydrogen-bond donors (Lipinski definition) is 2. The van der Waals surface area contributed by atoms with E-state index < -0.39 is 5.97 Å². The first-order valence-corrected chi connectivity index (χ1v) is 5.16. The van der Waals surface area contributed by atoms with Gasteiger partial charge >= 0.3 is 5.97 Å². The molecule has 1 aromatic carbocycles. The maximum atomic E-state index is 10.8. The molecule has 1 atom stereocenters. The normalized spacial score (nSPS) is 21.1. The smallest absolute Gasteiger partial charge is 0.303 e. The van der Waals surface area contributed by atoms with Gasteiger partial charge in [0.05, 0.1) is 12.1 Å². The van der Waals surface area contributed by atoms with Crippen LogP contribution >= 0.6 is 0 Å². The first kappa shape index (κ1) is 10.7. The zero-order valence-electron chi connectivity index (χ0n) is 8.97. The van der Waals surface area contributed by atoms with E-state index in [1.165, 1.54) is 0 Å². The highest BCUT2D eigenvalue weighted by molar-refractivity contribution is 6.05. The van der Waals surface area contributed by atoms with Gasteiger partial charge < -0.3 is 10.3 Å². The van der Waals surface area contributed by atoms with Gasteiger partial charge in [0.25, 0.3) is 0 Å². The third-order valence-electron chi connectivity index (χ3n) is 3.02. The van der Waals surface area contributed by atoms with Crippen molar-refractivity contribution in [3.63, 3.8) is 0 Å². The molecule has 2 rings (SSSR count). The maximum Gasteiger partial charge on any atom is 0.303 e. The van der Waals surface area contributed by atoms with Crippen molar-refractivity contribution in [2.75, 3.05) is 0 Å². The Labute approximate surface area is 93.2 Å². The lowest BCUT2D eigenvalue weighted by molar-refractivity contribution is -0.137. The SMILES string of the molecule is Cc1cccc2c1C(CC(=O)O)C/C2=N/O. The Bertz CT molecular complexity index is 465. The van der Waals surface area contributed by atoms with Crippen LogP contribution in [-0.4, -0.2) is 22.0 Å². The van der Waals surface area contributed by atoms with Crippen molar-refractivity contribution in [3.05, 3.63) is 34.9 Å². The number of carboxylic acids is 1. The van der Waals surface area contributed by atoms with E-state index in [9.17, 15) is 4.79 Å². The predicted octanol–water partition coefficient (Wildman–Crippen LogP) is 2.14. The molecule has 4 nitrogen and oxygen atoms in total. The van der Waals surface area contributed by atoms with E-state index in [0.717, 1.165) is 16.7 Å². The summed E-state index contributed by atoms with van der Waals surface area (Å²) >= 11 is 0. The number of oxime groups is 1. The molecular weight excluding hydrogens is 206 g/mol. The van der Waals surface area contributed by atoms with Crippen LogP contribution in [-0.2, 0) is 4.79 Å². The molecule has 1 unspecified atom stereocenters. The molecule has 0 aromatic heterocycles. The van der Waals surface area contributed by atoms with E-state index in [1.54, 1.807) is 0 Å². The molecule has 0 amide bonds. The average Bonchev–Trinajstić information content (AvgIpc) is 2.57. The van der Waals surface area contributed by atoms with Crippen molar-refractivity contribution < 1.29 is 15.1 Å². The average molecular weight is 219 g/mol. The van der Waals surface area contributed by atoms with Crippen molar-refractivity contribution >= 4 is 11.7 Å². The van der Waals surface area contributed by atoms with Gasteiger partial charge in [-0.05, 0) is 18.1 Å². The lowest BCUT2D eigenvalue weighted by Crippen LogP contribution is -2.04. The zero-order valence-corrected chi connectivity index (χ0v) is 8.97. The van der Waals surface area contributed by atoms with E-state index in [2.05, 4.69) is 5.16 Å². The van der Waals surface area contributed by atoms with Crippen LogP contribution in [0.25, 0.3) is 0 Å². The molecule has 4 heteroatoms. The molecule has 0 spiro atoms. The summed E-state index contributed by atoms with van der Waals surface area (Å²) in [6.07, 6.45) is 0.583. The molecule has 84 valence electrons. The van der Waals surface area contributed by atoms with Crippen LogP contribution in [0.3, 0.4) is 0 Å². The van der Waals surface area contributed by atoms with E-state index in [-0.39, 0.29) is 12.3 Å². The minimum absolute atomic E-state index is 0.0698. The highest BCUT2D eigenvalue weighted by Crippen LogP contribution is 2.37. The van der Waals surface area contributed by atoms with Crippen LogP contribution in [0.2, 0.25) is 0 Å². The predicted molar refractivity (Wildman–Crippen MR) is 59.1 cm³/mol. The highest BCUT2D eigenvalue weighted by atomic mass is 16.4. The summed E-state index contributed by atoms with van der Waals surface area (Å²) in [7, 11) is 0. The summed E-state index contributed by atoms with van der Waals surface area (Å²) in [5, 5.41) is 21.0. The molecule has 0 heterocycles. The summed E-state index contributed by atoms with van der Waals surface area (Å²) in [4.78, 5) is 10.8. The van der Waals surface area contributed by atoms with Crippen molar-refractivity contribution in [3.8, 4) is 0 Å². The summed E-state index contributed by atoms with van der Waals surface area (Å²) in [5.74, 6) is -0.891. The molecule has 1 aliphatic carbocycles. The minimum Gasteiger partial charge on any atom is -0.481 e. The van der Waals surface area contributed by atoms with Crippen LogP contribution in [0.5, 0.6) is 0 Å². The first-order valence-electron chi connectivity index (χ1n) is 5.16. The first-order chi connectivity index (χ1) is 7.63. The van der Waals surface area contributed by atoms with Crippen molar-refractivity contribution in [2.24, 2.45) is 5.16 Å². The molecule has 16 heavy (non-hydrogen) atoms. The number of nitrogens with zero attached hydrogens (tertiary/aromatic N) is 1. The lowest BCUT2D eigenvalue weighted by Gasteiger charge is -2.10. The molecule has 0 radical (unpaired) electrons. The second-order valence-corrected chi connectivity index (χ2v) is 4.08. The Morgan fingerprint density at radius 3 is 2.94 bits per heavy atom. The summed E-state index contributed by atoms with van der Waals surface area (Å²) in [5.41, 5.74) is 3.54. The molecule has 1 aromatic rings. The van der Waals surface area contributed by atoms with E-state index in [0.29, 0.717) is 12.1 Å². The highest BCUT2D eigenvalue weighted by Gasteiger charge is 2.30. The summed E-state index contributed by atoms with van der Waals surface area (Å²) in [6, 6.07) is 5.72. The minimum atomic E-state index is -0.821. The number of rotatable bonds is 2. The van der Waals surface area contributed by atoms with Gasteiger partial charge in [-0.2, -0.15) is 0 Å². The van der Waals surface area contributed by atoms with Crippen molar-refractivity contribution in [2.45, 2.75) is 25.7 Å². The van der Waals surface area contributed by atoms with Crippen molar-refractivity contribution in [1.82, 2.24) is 0 Å². The number of carboxylic acid groups (broad SMARTS) is 1. The number of hydrogen-bond acceptors (Lipinski definition) is 3. The van der Waals surface area contributed by atoms with Crippen LogP contribution in [0.1, 0.15) is 35.4 Å².